The van der Waals surface area contributed by atoms with Gasteiger partial charge in [0.15, 0.2) is 0 Å². The molecule has 2 aromatic rings. The van der Waals surface area contributed by atoms with Gasteiger partial charge in [0.2, 0.25) is 5.91 Å². The Kier molecular flexibility index (Phi) is 4.93. The Morgan fingerprint density at radius 1 is 1.58 bits per heavy atom. The zero-order chi connectivity index (χ0) is 13.7. The third kappa shape index (κ3) is 3.78. The minimum absolute atomic E-state index is 0.0409. The molecule has 2 aromatic heterocycles. The van der Waals surface area contributed by atoms with E-state index < -0.39 is 0 Å². The molecule has 0 aliphatic carbocycles. The van der Waals surface area contributed by atoms with E-state index in [1.807, 2.05) is 0 Å². The predicted molar refractivity (Wildman–Crippen MR) is 80.7 cm³/mol. The highest BCUT2D eigenvalue weighted by Gasteiger charge is 2.08. The molecule has 0 saturated heterocycles. The smallest absolute Gasteiger partial charge is 0.221 e. The molecule has 2 heterocycles. The molecule has 0 aliphatic rings. The van der Waals surface area contributed by atoms with Crippen LogP contribution in [0.25, 0.3) is 10.2 Å². The Hall–Kier alpha value is -1.40. The van der Waals surface area contributed by atoms with Crippen molar-refractivity contribution in [2.75, 3.05) is 12.3 Å². The molecule has 0 atom stereocenters. The van der Waals surface area contributed by atoms with Crippen LogP contribution in [0.1, 0.15) is 11.3 Å². The largest absolute Gasteiger partial charge is 0.353 e. The number of aromatic nitrogens is 2. The summed E-state index contributed by atoms with van der Waals surface area (Å²) in [6, 6.07) is 2.10. The van der Waals surface area contributed by atoms with Gasteiger partial charge in [-0.05, 0) is 13.0 Å². The maximum absolute atomic E-state index is 11.5. The quantitative estimate of drug-likeness (QED) is 0.505. The van der Waals surface area contributed by atoms with Crippen molar-refractivity contribution in [3.8, 4) is 0 Å². The van der Waals surface area contributed by atoms with Crippen molar-refractivity contribution in [3.63, 3.8) is 0 Å². The van der Waals surface area contributed by atoms with Crippen molar-refractivity contribution in [1.29, 1.82) is 0 Å². The molecule has 0 spiro atoms. The number of carbonyl (C=O) groups excluding carboxylic acids is 1. The van der Waals surface area contributed by atoms with E-state index in [2.05, 4.69) is 34.9 Å². The Balaban J connectivity index is 1.94. The molecule has 0 fully saturated rings. The molecular weight excluding hydrogens is 278 g/mol. The lowest BCUT2D eigenvalue weighted by molar-refractivity contribution is -0.120. The third-order valence-electron chi connectivity index (χ3n) is 2.43. The molecule has 1 amide bonds. The van der Waals surface area contributed by atoms with Gasteiger partial charge in [-0.3, -0.25) is 4.79 Å². The number of nitrogens with one attached hydrogen (secondary N) is 1. The number of nitrogens with zero attached hydrogens (tertiary/aromatic N) is 2. The number of rotatable bonds is 6. The van der Waals surface area contributed by atoms with Crippen LogP contribution in [-0.4, -0.2) is 28.2 Å². The van der Waals surface area contributed by atoms with Gasteiger partial charge in [0.1, 0.15) is 16.2 Å². The van der Waals surface area contributed by atoms with E-state index in [1.54, 1.807) is 35.5 Å². The normalized spacial score (nSPS) is 10.6. The van der Waals surface area contributed by atoms with Crippen LogP contribution in [0.5, 0.6) is 0 Å². The van der Waals surface area contributed by atoms with Crippen LogP contribution in [0.4, 0.5) is 0 Å². The summed E-state index contributed by atoms with van der Waals surface area (Å²) in [5, 5.41) is 4.79. The predicted octanol–water partition coefficient (Wildman–Crippen LogP) is 2.78. The highest BCUT2D eigenvalue weighted by molar-refractivity contribution is 7.99. The highest BCUT2D eigenvalue weighted by atomic mass is 32.2. The summed E-state index contributed by atoms with van der Waals surface area (Å²) >= 11 is 3.26. The fraction of sp³-hybridized carbons (Fsp3) is 0.308. The van der Waals surface area contributed by atoms with Crippen LogP contribution in [0.2, 0.25) is 0 Å². The molecule has 2 rings (SSSR count). The van der Waals surface area contributed by atoms with Crippen LogP contribution < -0.4 is 5.32 Å². The first-order valence-corrected chi connectivity index (χ1v) is 7.72. The van der Waals surface area contributed by atoms with Crippen molar-refractivity contribution in [3.05, 3.63) is 29.9 Å². The van der Waals surface area contributed by atoms with E-state index in [-0.39, 0.29) is 5.91 Å². The van der Waals surface area contributed by atoms with Gasteiger partial charge in [0.05, 0.1) is 0 Å². The summed E-state index contributed by atoms with van der Waals surface area (Å²) < 4.78 is 0. The Morgan fingerprint density at radius 2 is 2.42 bits per heavy atom. The summed E-state index contributed by atoms with van der Waals surface area (Å²) in [6.07, 6.45) is 3.73. The second-order valence-electron chi connectivity index (χ2n) is 3.95. The van der Waals surface area contributed by atoms with E-state index in [0.717, 1.165) is 15.2 Å². The van der Waals surface area contributed by atoms with Gasteiger partial charge in [-0.1, -0.05) is 6.08 Å². The van der Waals surface area contributed by atoms with Crippen LogP contribution in [-0.2, 0) is 4.79 Å². The van der Waals surface area contributed by atoms with Crippen LogP contribution >= 0.6 is 23.1 Å². The molecular formula is C13H15N3OS2. The molecule has 19 heavy (non-hydrogen) atoms. The number of aryl methyl sites for hydroxylation is 1. The fourth-order valence-corrected chi connectivity index (χ4v) is 3.41. The number of carbonyl (C=O) groups is 1. The monoisotopic (exact) mass is 293 g/mol. The van der Waals surface area contributed by atoms with Crippen molar-refractivity contribution in [2.45, 2.75) is 18.4 Å². The highest BCUT2D eigenvalue weighted by Crippen LogP contribution is 2.30. The first-order chi connectivity index (χ1) is 9.20. The van der Waals surface area contributed by atoms with Crippen LogP contribution in [0, 0.1) is 6.92 Å². The second-order valence-corrected chi connectivity index (χ2v) is 6.26. The maximum Gasteiger partial charge on any atom is 0.221 e. The minimum atomic E-state index is 0.0409. The molecule has 0 radical (unpaired) electrons. The molecule has 0 aliphatic heterocycles. The number of hydrogen-bond acceptors (Lipinski definition) is 5. The van der Waals surface area contributed by atoms with Gasteiger partial charge in [0.25, 0.3) is 0 Å². The lowest BCUT2D eigenvalue weighted by Crippen LogP contribution is -2.23. The van der Waals surface area contributed by atoms with Gasteiger partial charge in [-0.25, -0.2) is 9.97 Å². The summed E-state index contributed by atoms with van der Waals surface area (Å²) in [6.45, 7) is 6.14. The molecule has 1 N–H and O–H groups in total. The molecule has 6 heteroatoms. The zero-order valence-corrected chi connectivity index (χ0v) is 12.3. The van der Waals surface area contributed by atoms with Crippen molar-refractivity contribution in [1.82, 2.24) is 15.3 Å². The Morgan fingerprint density at radius 3 is 3.21 bits per heavy atom. The van der Waals surface area contributed by atoms with Crippen LogP contribution in [0.3, 0.4) is 0 Å². The number of thiophene rings is 1. The maximum atomic E-state index is 11.5. The minimum Gasteiger partial charge on any atom is -0.353 e. The first kappa shape index (κ1) is 14.0. The molecule has 0 bridgehead atoms. The number of amides is 1. The zero-order valence-electron chi connectivity index (χ0n) is 10.7. The van der Waals surface area contributed by atoms with Crippen LogP contribution in [0.15, 0.2) is 30.1 Å². The first-order valence-electron chi connectivity index (χ1n) is 5.92. The standard InChI is InChI=1S/C13H15N3OS2/c1-3-5-14-11(17)4-6-18-12-10-7-9(2)19-13(10)16-8-15-12/h3,7-8H,1,4-6H2,2H3,(H,14,17). The van der Waals surface area contributed by atoms with Gasteiger partial charge in [-0.15, -0.1) is 29.7 Å². The molecule has 100 valence electrons. The molecule has 0 unspecified atom stereocenters. The molecule has 4 nitrogen and oxygen atoms in total. The second kappa shape index (κ2) is 6.68. The lowest BCUT2D eigenvalue weighted by Gasteiger charge is -2.03. The van der Waals surface area contributed by atoms with Gasteiger partial charge >= 0.3 is 0 Å². The Bertz CT molecular complexity index is 595. The number of hydrogen-bond donors (Lipinski definition) is 1. The van der Waals surface area contributed by atoms with E-state index in [4.69, 9.17) is 0 Å². The Labute approximate surface area is 120 Å². The average Bonchev–Trinajstić information content (AvgIpc) is 2.77. The topological polar surface area (TPSA) is 54.9 Å². The SMILES string of the molecule is C=CCNC(=O)CCSc1ncnc2sc(C)cc12. The van der Waals surface area contributed by atoms with E-state index in [0.29, 0.717) is 18.7 Å². The van der Waals surface area contributed by atoms with Crippen molar-refractivity contribution >= 4 is 39.2 Å². The van der Waals surface area contributed by atoms with Gasteiger partial charge < -0.3 is 5.32 Å². The fourth-order valence-electron chi connectivity index (χ4n) is 1.58. The van der Waals surface area contributed by atoms with E-state index in [9.17, 15) is 4.79 Å². The molecule has 0 saturated carbocycles. The third-order valence-corrected chi connectivity index (χ3v) is 4.39. The van der Waals surface area contributed by atoms with Crippen molar-refractivity contribution < 1.29 is 4.79 Å². The van der Waals surface area contributed by atoms with Gasteiger partial charge in [-0.2, -0.15) is 0 Å². The summed E-state index contributed by atoms with van der Waals surface area (Å²) in [4.78, 5) is 22.2. The number of fused-ring (bicyclic) bond motifs is 1. The van der Waals surface area contributed by atoms with E-state index in [1.165, 1.54) is 4.88 Å². The van der Waals surface area contributed by atoms with Crippen molar-refractivity contribution in [2.24, 2.45) is 0 Å². The lowest BCUT2D eigenvalue weighted by atomic mass is 10.4. The molecule has 0 aromatic carbocycles. The number of thioether (sulfide) groups is 1. The average molecular weight is 293 g/mol. The summed E-state index contributed by atoms with van der Waals surface area (Å²) in [7, 11) is 0. The van der Waals surface area contributed by atoms with Gasteiger partial charge in [0, 0.05) is 29.0 Å². The summed E-state index contributed by atoms with van der Waals surface area (Å²) in [5.41, 5.74) is 0. The summed E-state index contributed by atoms with van der Waals surface area (Å²) in [5.74, 6) is 0.753. The van der Waals surface area contributed by atoms with E-state index >= 15 is 0 Å².